The smallest absolute Gasteiger partial charge is 0.243 e. The molecule has 2 aromatic rings. The zero-order chi connectivity index (χ0) is 15.0. The summed E-state index contributed by atoms with van der Waals surface area (Å²) >= 11 is 0. The quantitative estimate of drug-likeness (QED) is 0.934. The second kappa shape index (κ2) is 5.36. The summed E-state index contributed by atoms with van der Waals surface area (Å²) in [6.07, 6.45) is 2.54. The summed E-state index contributed by atoms with van der Waals surface area (Å²) in [6.45, 7) is 3.02. The Morgan fingerprint density at radius 3 is 2.86 bits per heavy atom. The molecule has 1 aliphatic rings. The molecule has 1 aromatic heterocycles. The van der Waals surface area contributed by atoms with Gasteiger partial charge in [-0.25, -0.2) is 8.42 Å². The van der Waals surface area contributed by atoms with Crippen LogP contribution in [0.5, 0.6) is 0 Å². The first kappa shape index (κ1) is 14.4. The maximum Gasteiger partial charge on any atom is 0.243 e. The summed E-state index contributed by atoms with van der Waals surface area (Å²) < 4.78 is 27.3. The predicted molar refractivity (Wildman–Crippen MR) is 82.7 cm³/mol. The molecule has 2 heterocycles. The van der Waals surface area contributed by atoms with E-state index in [0.29, 0.717) is 23.4 Å². The van der Waals surface area contributed by atoms with Gasteiger partial charge in [0.1, 0.15) is 0 Å². The molecule has 0 saturated carbocycles. The second-order valence-electron chi connectivity index (χ2n) is 5.42. The van der Waals surface area contributed by atoms with Crippen LogP contribution in [-0.4, -0.2) is 43.9 Å². The van der Waals surface area contributed by atoms with Crippen molar-refractivity contribution in [2.75, 3.05) is 20.1 Å². The molecule has 0 radical (unpaired) electrons. The Morgan fingerprint density at radius 2 is 2.14 bits per heavy atom. The number of pyridine rings is 1. The molecule has 0 spiro atoms. The van der Waals surface area contributed by atoms with E-state index < -0.39 is 10.0 Å². The minimum atomic E-state index is -3.47. The molecule has 112 valence electrons. The van der Waals surface area contributed by atoms with Gasteiger partial charge in [-0.1, -0.05) is 6.07 Å². The highest BCUT2D eigenvalue weighted by molar-refractivity contribution is 7.89. The average Bonchev–Trinajstić information content (AvgIpc) is 2.97. The molecular weight excluding hydrogens is 286 g/mol. The van der Waals surface area contributed by atoms with Gasteiger partial charge in [0.05, 0.1) is 10.4 Å². The summed E-state index contributed by atoms with van der Waals surface area (Å²) in [5, 5.41) is 3.84. The van der Waals surface area contributed by atoms with Crippen molar-refractivity contribution in [3.63, 3.8) is 0 Å². The normalized spacial score (nSPS) is 20.2. The first-order valence-corrected chi connectivity index (χ1v) is 8.50. The SMILES string of the molecule is CNC1CCN(S(=O)(=O)c2ccc(C)c3ncccc23)C1. The summed E-state index contributed by atoms with van der Waals surface area (Å²) in [4.78, 5) is 4.67. The molecule has 3 rings (SSSR count). The van der Waals surface area contributed by atoms with E-state index in [-0.39, 0.29) is 6.04 Å². The maximum absolute atomic E-state index is 12.9. The van der Waals surface area contributed by atoms with Crippen LogP contribution >= 0.6 is 0 Å². The Hall–Kier alpha value is -1.50. The van der Waals surface area contributed by atoms with Gasteiger partial charge in [-0.05, 0) is 44.2 Å². The van der Waals surface area contributed by atoms with Crippen LogP contribution in [0.25, 0.3) is 10.9 Å². The zero-order valence-corrected chi connectivity index (χ0v) is 13.0. The molecule has 1 aromatic carbocycles. The van der Waals surface area contributed by atoms with Crippen molar-refractivity contribution >= 4 is 20.9 Å². The molecule has 0 amide bonds. The average molecular weight is 305 g/mol. The second-order valence-corrected chi connectivity index (χ2v) is 7.32. The van der Waals surface area contributed by atoms with Crippen LogP contribution in [0.3, 0.4) is 0 Å². The van der Waals surface area contributed by atoms with Crippen LogP contribution in [0.2, 0.25) is 0 Å². The van der Waals surface area contributed by atoms with Crippen molar-refractivity contribution in [2.45, 2.75) is 24.3 Å². The minimum absolute atomic E-state index is 0.231. The molecular formula is C15H19N3O2S. The van der Waals surface area contributed by atoms with Crippen LogP contribution in [0.4, 0.5) is 0 Å². The molecule has 6 heteroatoms. The van der Waals surface area contributed by atoms with Crippen LogP contribution in [0.1, 0.15) is 12.0 Å². The van der Waals surface area contributed by atoms with E-state index in [0.717, 1.165) is 17.5 Å². The fourth-order valence-electron chi connectivity index (χ4n) is 2.83. The van der Waals surface area contributed by atoms with E-state index in [9.17, 15) is 8.42 Å². The number of fused-ring (bicyclic) bond motifs is 1. The van der Waals surface area contributed by atoms with E-state index >= 15 is 0 Å². The lowest BCUT2D eigenvalue weighted by Crippen LogP contribution is -2.33. The van der Waals surface area contributed by atoms with Crippen LogP contribution in [0.15, 0.2) is 35.4 Å². The standard InChI is InChI=1S/C15H19N3O2S/c1-11-5-6-14(13-4-3-8-17-15(11)13)21(19,20)18-9-7-12(10-18)16-2/h3-6,8,12,16H,7,9-10H2,1-2H3. The third kappa shape index (κ3) is 2.43. The number of nitrogens with zero attached hydrogens (tertiary/aromatic N) is 2. The van der Waals surface area contributed by atoms with E-state index in [1.165, 1.54) is 0 Å². The number of hydrogen-bond acceptors (Lipinski definition) is 4. The number of aryl methyl sites for hydroxylation is 1. The number of nitrogens with one attached hydrogen (secondary N) is 1. The molecule has 1 saturated heterocycles. The molecule has 1 unspecified atom stereocenters. The largest absolute Gasteiger partial charge is 0.316 e. The summed E-state index contributed by atoms with van der Waals surface area (Å²) in [5.74, 6) is 0. The summed E-state index contributed by atoms with van der Waals surface area (Å²) in [6, 6.07) is 7.36. The Kier molecular flexibility index (Phi) is 3.69. The van der Waals surface area contributed by atoms with Gasteiger partial charge in [-0.3, -0.25) is 4.98 Å². The third-order valence-electron chi connectivity index (χ3n) is 4.11. The van der Waals surface area contributed by atoms with Crippen molar-refractivity contribution in [3.8, 4) is 0 Å². The molecule has 21 heavy (non-hydrogen) atoms. The lowest BCUT2D eigenvalue weighted by Gasteiger charge is -2.18. The monoisotopic (exact) mass is 305 g/mol. The van der Waals surface area contributed by atoms with Gasteiger partial charge in [-0.2, -0.15) is 4.31 Å². The van der Waals surface area contributed by atoms with Gasteiger partial charge in [0, 0.05) is 30.7 Å². The van der Waals surface area contributed by atoms with E-state index in [1.54, 1.807) is 22.6 Å². The van der Waals surface area contributed by atoms with Gasteiger partial charge >= 0.3 is 0 Å². The molecule has 0 aliphatic carbocycles. The molecule has 1 atom stereocenters. The zero-order valence-electron chi connectivity index (χ0n) is 12.2. The van der Waals surface area contributed by atoms with E-state index in [1.807, 2.05) is 26.1 Å². The number of benzene rings is 1. The number of hydrogen-bond donors (Lipinski definition) is 1. The van der Waals surface area contributed by atoms with Crippen molar-refractivity contribution in [1.29, 1.82) is 0 Å². The Morgan fingerprint density at radius 1 is 1.33 bits per heavy atom. The fraction of sp³-hybridized carbons (Fsp3) is 0.400. The topological polar surface area (TPSA) is 62.3 Å². The lowest BCUT2D eigenvalue weighted by atomic mass is 10.1. The molecule has 1 aliphatic heterocycles. The Bertz CT molecular complexity index is 774. The lowest BCUT2D eigenvalue weighted by molar-refractivity contribution is 0.465. The first-order chi connectivity index (χ1) is 10.0. The summed E-state index contributed by atoms with van der Waals surface area (Å²) in [5.41, 5.74) is 1.74. The van der Waals surface area contributed by atoms with Crippen molar-refractivity contribution in [2.24, 2.45) is 0 Å². The maximum atomic E-state index is 12.9. The van der Waals surface area contributed by atoms with Crippen LogP contribution in [0, 0.1) is 6.92 Å². The number of rotatable bonds is 3. The number of aromatic nitrogens is 1. The van der Waals surface area contributed by atoms with Gasteiger partial charge < -0.3 is 5.32 Å². The minimum Gasteiger partial charge on any atom is -0.316 e. The van der Waals surface area contributed by atoms with Gasteiger partial charge in [-0.15, -0.1) is 0 Å². The van der Waals surface area contributed by atoms with Gasteiger partial charge in [0.25, 0.3) is 0 Å². The highest BCUT2D eigenvalue weighted by Crippen LogP contribution is 2.28. The van der Waals surface area contributed by atoms with Gasteiger partial charge in [0.15, 0.2) is 0 Å². The van der Waals surface area contributed by atoms with Gasteiger partial charge in [0.2, 0.25) is 10.0 Å². The van der Waals surface area contributed by atoms with Crippen LogP contribution < -0.4 is 5.32 Å². The van der Waals surface area contributed by atoms with Crippen LogP contribution in [-0.2, 0) is 10.0 Å². The predicted octanol–water partition coefficient (Wildman–Crippen LogP) is 1.53. The van der Waals surface area contributed by atoms with Crippen molar-refractivity contribution in [1.82, 2.24) is 14.6 Å². The number of likely N-dealkylation sites (N-methyl/N-ethyl adjacent to an activating group) is 1. The molecule has 1 N–H and O–H groups in total. The first-order valence-electron chi connectivity index (χ1n) is 7.06. The molecule has 5 nitrogen and oxygen atoms in total. The highest BCUT2D eigenvalue weighted by Gasteiger charge is 2.32. The van der Waals surface area contributed by atoms with Crippen molar-refractivity contribution in [3.05, 3.63) is 36.0 Å². The Balaban J connectivity index is 2.10. The Labute approximate surface area is 125 Å². The highest BCUT2D eigenvalue weighted by atomic mass is 32.2. The molecule has 0 bridgehead atoms. The van der Waals surface area contributed by atoms with Crippen molar-refractivity contribution < 1.29 is 8.42 Å². The fourth-order valence-corrected chi connectivity index (χ4v) is 4.52. The molecule has 1 fully saturated rings. The van der Waals surface area contributed by atoms with E-state index in [2.05, 4.69) is 10.3 Å². The van der Waals surface area contributed by atoms with E-state index in [4.69, 9.17) is 0 Å². The number of sulfonamides is 1. The summed E-state index contributed by atoms with van der Waals surface area (Å²) in [7, 11) is -1.60. The third-order valence-corrected chi connectivity index (χ3v) is 6.03.